The van der Waals surface area contributed by atoms with E-state index in [4.69, 9.17) is 11.6 Å². The molecule has 0 amide bonds. The van der Waals surface area contributed by atoms with Crippen LogP contribution in [0.15, 0.2) is 78.9 Å². The van der Waals surface area contributed by atoms with Crippen molar-refractivity contribution in [1.82, 2.24) is 0 Å². The molecule has 0 saturated heterocycles. The third-order valence-corrected chi connectivity index (χ3v) is 4.23. The fourth-order valence-electron chi connectivity index (χ4n) is 2.88. The molecule has 4 aromatic rings. The molecule has 0 saturated carbocycles. The summed E-state index contributed by atoms with van der Waals surface area (Å²) in [4.78, 5) is 0. The van der Waals surface area contributed by atoms with E-state index in [-0.39, 0.29) is 0 Å². The van der Waals surface area contributed by atoms with Crippen molar-refractivity contribution in [2.24, 2.45) is 0 Å². The molecule has 0 spiro atoms. The predicted molar refractivity (Wildman–Crippen MR) is 91.9 cm³/mol. The lowest BCUT2D eigenvalue weighted by atomic mass is 9.96. The van der Waals surface area contributed by atoms with Crippen LogP contribution in [0.25, 0.3) is 32.7 Å². The molecule has 0 nitrogen and oxygen atoms in total. The predicted octanol–water partition coefficient (Wildman–Crippen LogP) is 6.31. The van der Waals surface area contributed by atoms with Gasteiger partial charge in [-0.05, 0) is 39.2 Å². The van der Waals surface area contributed by atoms with E-state index in [0.717, 1.165) is 10.6 Å². The van der Waals surface area contributed by atoms with Crippen LogP contribution in [0.3, 0.4) is 0 Å². The van der Waals surface area contributed by atoms with Gasteiger partial charge >= 0.3 is 0 Å². The lowest BCUT2D eigenvalue weighted by Gasteiger charge is -2.10. The molecule has 0 heterocycles. The van der Waals surface area contributed by atoms with Crippen LogP contribution in [0.5, 0.6) is 0 Å². The minimum Gasteiger partial charge on any atom is -0.0836 e. The Morgan fingerprint density at radius 3 is 1.95 bits per heavy atom. The van der Waals surface area contributed by atoms with Gasteiger partial charge in [-0.15, -0.1) is 0 Å². The first-order chi connectivity index (χ1) is 10.3. The minimum atomic E-state index is 0.796. The summed E-state index contributed by atoms with van der Waals surface area (Å²) in [5.41, 5.74) is 2.27. The van der Waals surface area contributed by atoms with Gasteiger partial charge in [-0.3, -0.25) is 0 Å². The lowest BCUT2D eigenvalue weighted by Crippen LogP contribution is -1.84. The van der Waals surface area contributed by atoms with Gasteiger partial charge in [0, 0.05) is 10.6 Å². The highest BCUT2D eigenvalue weighted by molar-refractivity contribution is 6.34. The van der Waals surface area contributed by atoms with Crippen LogP contribution in [0.4, 0.5) is 0 Å². The van der Waals surface area contributed by atoms with Gasteiger partial charge in [0.25, 0.3) is 0 Å². The zero-order valence-corrected chi connectivity index (χ0v) is 12.1. The number of fused-ring (bicyclic) bond motifs is 2. The van der Waals surface area contributed by atoms with E-state index in [0.29, 0.717) is 0 Å². The summed E-state index contributed by atoms with van der Waals surface area (Å²) in [6.45, 7) is 0. The fraction of sp³-hybridized carbons (Fsp3) is 0. The van der Waals surface area contributed by atoms with Gasteiger partial charge in [0.2, 0.25) is 0 Å². The van der Waals surface area contributed by atoms with E-state index in [1.54, 1.807) is 0 Å². The third kappa shape index (κ3) is 2.09. The molecule has 4 rings (SSSR count). The summed E-state index contributed by atoms with van der Waals surface area (Å²) >= 11 is 6.54. The average Bonchev–Trinajstić information content (AvgIpc) is 2.54. The largest absolute Gasteiger partial charge is 0.0836 e. The molecule has 0 aliphatic heterocycles. The molecule has 0 atom stereocenters. The Bertz CT molecular complexity index is 949. The average molecular weight is 289 g/mol. The maximum atomic E-state index is 6.54. The Kier molecular flexibility index (Phi) is 2.90. The third-order valence-electron chi connectivity index (χ3n) is 3.92. The van der Waals surface area contributed by atoms with E-state index < -0.39 is 0 Å². The summed E-state index contributed by atoms with van der Waals surface area (Å²) in [5.74, 6) is 0. The summed E-state index contributed by atoms with van der Waals surface area (Å²) in [6.07, 6.45) is 0. The van der Waals surface area contributed by atoms with Gasteiger partial charge in [0.05, 0.1) is 0 Å². The SMILES string of the molecule is Clc1cc2ccccc2cc1-c1cccc2ccccc12. The molecule has 1 heteroatoms. The van der Waals surface area contributed by atoms with E-state index in [9.17, 15) is 0 Å². The van der Waals surface area contributed by atoms with Crippen molar-refractivity contribution in [2.75, 3.05) is 0 Å². The maximum absolute atomic E-state index is 6.54. The lowest BCUT2D eigenvalue weighted by molar-refractivity contribution is 1.68. The molecule has 0 fully saturated rings. The summed E-state index contributed by atoms with van der Waals surface area (Å²) in [6, 6.07) is 27.3. The number of benzene rings is 4. The number of hydrogen-bond acceptors (Lipinski definition) is 0. The Morgan fingerprint density at radius 1 is 0.524 bits per heavy atom. The monoisotopic (exact) mass is 288 g/mol. The van der Waals surface area contributed by atoms with Crippen molar-refractivity contribution < 1.29 is 0 Å². The first kappa shape index (κ1) is 12.4. The van der Waals surface area contributed by atoms with Crippen molar-refractivity contribution in [2.45, 2.75) is 0 Å². The molecule has 0 aliphatic rings. The van der Waals surface area contributed by atoms with Crippen molar-refractivity contribution in [3.05, 3.63) is 83.9 Å². The molecule has 100 valence electrons. The van der Waals surface area contributed by atoms with Gasteiger partial charge in [-0.2, -0.15) is 0 Å². The van der Waals surface area contributed by atoms with Gasteiger partial charge in [-0.25, -0.2) is 0 Å². The minimum absolute atomic E-state index is 0.796. The number of halogens is 1. The Hall–Kier alpha value is -2.31. The second-order valence-electron chi connectivity index (χ2n) is 5.21. The Morgan fingerprint density at radius 2 is 1.14 bits per heavy atom. The summed E-state index contributed by atoms with van der Waals surface area (Å²) in [5, 5.41) is 5.65. The van der Waals surface area contributed by atoms with Gasteiger partial charge in [-0.1, -0.05) is 78.3 Å². The normalized spacial score (nSPS) is 11.1. The van der Waals surface area contributed by atoms with Crippen LogP contribution in [-0.4, -0.2) is 0 Å². The van der Waals surface area contributed by atoms with Crippen LogP contribution in [-0.2, 0) is 0 Å². The molecular formula is C20H13Cl. The van der Waals surface area contributed by atoms with Crippen LogP contribution < -0.4 is 0 Å². The van der Waals surface area contributed by atoms with Gasteiger partial charge in [0.1, 0.15) is 0 Å². The van der Waals surface area contributed by atoms with E-state index in [2.05, 4.69) is 66.7 Å². The second-order valence-corrected chi connectivity index (χ2v) is 5.61. The van der Waals surface area contributed by atoms with E-state index >= 15 is 0 Å². The summed E-state index contributed by atoms with van der Waals surface area (Å²) in [7, 11) is 0. The Balaban J connectivity index is 2.06. The van der Waals surface area contributed by atoms with Crippen LogP contribution in [0.2, 0.25) is 5.02 Å². The van der Waals surface area contributed by atoms with Gasteiger partial charge < -0.3 is 0 Å². The molecule has 21 heavy (non-hydrogen) atoms. The molecule has 0 aliphatic carbocycles. The Labute approximate surface area is 128 Å². The number of hydrogen-bond donors (Lipinski definition) is 0. The van der Waals surface area contributed by atoms with Crippen LogP contribution in [0.1, 0.15) is 0 Å². The molecule has 4 aromatic carbocycles. The highest BCUT2D eigenvalue weighted by Crippen LogP contribution is 2.36. The van der Waals surface area contributed by atoms with E-state index in [1.165, 1.54) is 27.1 Å². The molecule has 0 radical (unpaired) electrons. The van der Waals surface area contributed by atoms with Crippen molar-refractivity contribution in [1.29, 1.82) is 0 Å². The maximum Gasteiger partial charge on any atom is 0.0491 e. The standard InChI is InChI=1S/C20H13Cl/c21-20-13-16-8-2-1-7-15(16)12-19(20)18-11-5-9-14-6-3-4-10-17(14)18/h1-13H. The highest BCUT2D eigenvalue weighted by atomic mass is 35.5. The molecule has 0 unspecified atom stereocenters. The molecule has 0 N–H and O–H groups in total. The molecule has 0 bridgehead atoms. The van der Waals surface area contributed by atoms with Gasteiger partial charge in [0.15, 0.2) is 0 Å². The van der Waals surface area contributed by atoms with Crippen molar-refractivity contribution in [3.8, 4) is 11.1 Å². The molecule has 0 aromatic heterocycles. The zero-order chi connectivity index (χ0) is 14.2. The van der Waals surface area contributed by atoms with E-state index in [1.807, 2.05) is 12.1 Å². The van der Waals surface area contributed by atoms with Crippen molar-refractivity contribution in [3.63, 3.8) is 0 Å². The molecular weight excluding hydrogens is 276 g/mol. The van der Waals surface area contributed by atoms with Crippen molar-refractivity contribution >= 4 is 33.1 Å². The quantitative estimate of drug-likeness (QED) is 0.385. The topological polar surface area (TPSA) is 0 Å². The number of rotatable bonds is 1. The van der Waals surface area contributed by atoms with Crippen LogP contribution >= 0.6 is 11.6 Å². The first-order valence-corrected chi connectivity index (χ1v) is 7.37. The fourth-order valence-corrected chi connectivity index (χ4v) is 3.15. The zero-order valence-electron chi connectivity index (χ0n) is 11.4. The summed E-state index contributed by atoms with van der Waals surface area (Å²) < 4.78 is 0. The smallest absolute Gasteiger partial charge is 0.0491 e. The highest BCUT2D eigenvalue weighted by Gasteiger charge is 2.08. The van der Waals surface area contributed by atoms with Crippen LogP contribution in [0, 0.1) is 0 Å². The first-order valence-electron chi connectivity index (χ1n) is 6.99. The second kappa shape index (κ2) is 4.91.